The molecule has 2 aromatic heterocycles. The zero-order chi connectivity index (χ0) is 21.5. The molecule has 0 aliphatic rings. The van der Waals surface area contributed by atoms with Crippen LogP contribution in [0.15, 0.2) is 61.2 Å². The Morgan fingerprint density at radius 1 is 1.17 bits per heavy atom. The molecule has 0 spiro atoms. The number of H-pyrrole nitrogens is 2. The van der Waals surface area contributed by atoms with Crippen molar-refractivity contribution in [2.75, 3.05) is 6.54 Å². The Kier molecular flexibility index (Phi) is 6.80. The van der Waals surface area contributed by atoms with Gasteiger partial charge < -0.3 is 10.3 Å². The highest BCUT2D eigenvalue weighted by Gasteiger charge is 2.14. The number of aromatic amines is 2. The smallest absolute Gasteiger partial charge is 0.251 e. The maximum Gasteiger partial charge on any atom is 0.251 e. The molecular weight excluding hydrogens is 374 g/mol. The van der Waals surface area contributed by atoms with E-state index in [4.69, 9.17) is 0 Å². The fourth-order valence-electron chi connectivity index (χ4n) is 3.05. The van der Waals surface area contributed by atoms with Crippen LogP contribution in [0.2, 0.25) is 0 Å². The first kappa shape index (κ1) is 21.0. The number of rotatable bonds is 5. The Labute approximate surface area is 176 Å². The second-order valence-corrected chi connectivity index (χ2v) is 7.04. The molecule has 0 unspecified atom stereocenters. The van der Waals surface area contributed by atoms with Crippen LogP contribution in [0.4, 0.5) is 0 Å². The molecule has 4 rings (SSSR count). The standard InChI is InChI=1S/C21H21N5O.C3H6/c1-13-14(2)25-26-19(13)20-23-17-9-8-16(12-18(17)24-20)21(27)22-11-10-15-6-4-3-5-7-15;1-3-2/h3-9,12H,10-11H2,1-2H3,(H,22,27)(H,23,24)(H,25,26);3H,1H2,2H3. The average molecular weight is 402 g/mol. The van der Waals surface area contributed by atoms with Gasteiger partial charge in [-0.05, 0) is 51.0 Å². The normalized spacial score (nSPS) is 10.4. The van der Waals surface area contributed by atoms with Gasteiger partial charge in [-0.2, -0.15) is 5.10 Å². The van der Waals surface area contributed by atoms with E-state index in [-0.39, 0.29) is 5.91 Å². The van der Waals surface area contributed by atoms with Crippen molar-refractivity contribution >= 4 is 16.9 Å². The van der Waals surface area contributed by atoms with E-state index in [0.29, 0.717) is 17.9 Å². The molecule has 154 valence electrons. The van der Waals surface area contributed by atoms with E-state index in [9.17, 15) is 4.79 Å². The molecule has 4 aromatic rings. The molecule has 1 amide bonds. The van der Waals surface area contributed by atoms with Crippen LogP contribution in [0.3, 0.4) is 0 Å². The van der Waals surface area contributed by atoms with Gasteiger partial charge in [-0.25, -0.2) is 4.98 Å². The molecule has 0 aliphatic carbocycles. The lowest BCUT2D eigenvalue weighted by atomic mass is 10.1. The molecule has 0 aliphatic heterocycles. The van der Waals surface area contributed by atoms with Gasteiger partial charge in [-0.3, -0.25) is 9.89 Å². The third-order valence-electron chi connectivity index (χ3n) is 4.76. The molecule has 0 saturated heterocycles. The fraction of sp³-hybridized carbons (Fsp3) is 0.208. The molecular formula is C24H27N5O. The van der Waals surface area contributed by atoms with Crippen LogP contribution in [0.25, 0.3) is 22.6 Å². The Hall–Kier alpha value is -3.67. The summed E-state index contributed by atoms with van der Waals surface area (Å²) in [5, 5.41) is 10.3. The minimum atomic E-state index is -0.0872. The molecule has 0 fully saturated rings. The van der Waals surface area contributed by atoms with Crippen molar-refractivity contribution in [3.8, 4) is 11.5 Å². The Balaban J connectivity index is 0.000000806. The van der Waals surface area contributed by atoms with Gasteiger partial charge in [-0.1, -0.05) is 36.4 Å². The van der Waals surface area contributed by atoms with Crippen LogP contribution in [-0.2, 0) is 6.42 Å². The molecule has 6 heteroatoms. The molecule has 0 radical (unpaired) electrons. The number of carbonyl (C=O) groups excluding carboxylic acids is 1. The molecule has 0 bridgehead atoms. The lowest BCUT2D eigenvalue weighted by molar-refractivity contribution is 0.0954. The topological polar surface area (TPSA) is 86.5 Å². The number of carbonyl (C=O) groups is 1. The average Bonchev–Trinajstić information content (AvgIpc) is 3.31. The van der Waals surface area contributed by atoms with Gasteiger partial charge in [0.2, 0.25) is 0 Å². The number of amides is 1. The number of aryl methyl sites for hydroxylation is 1. The summed E-state index contributed by atoms with van der Waals surface area (Å²) in [6.07, 6.45) is 2.56. The van der Waals surface area contributed by atoms with Crippen molar-refractivity contribution in [2.24, 2.45) is 0 Å². The first-order valence-corrected chi connectivity index (χ1v) is 9.94. The quantitative estimate of drug-likeness (QED) is 0.422. The zero-order valence-electron chi connectivity index (χ0n) is 17.6. The number of imidazole rings is 1. The molecule has 0 atom stereocenters. The van der Waals surface area contributed by atoms with Crippen LogP contribution >= 0.6 is 0 Å². The summed E-state index contributed by atoms with van der Waals surface area (Å²) in [4.78, 5) is 20.3. The maximum absolute atomic E-state index is 12.5. The van der Waals surface area contributed by atoms with Crippen molar-refractivity contribution in [2.45, 2.75) is 27.2 Å². The van der Waals surface area contributed by atoms with Crippen LogP contribution in [-0.4, -0.2) is 32.6 Å². The van der Waals surface area contributed by atoms with Crippen molar-refractivity contribution < 1.29 is 4.79 Å². The monoisotopic (exact) mass is 401 g/mol. The van der Waals surface area contributed by atoms with E-state index < -0.39 is 0 Å². The van der Waals surface area contributed by atoms with Gasteiger partial charge in [-0.15, -0.1) is 6.58 Å². The van der Waals surface area contributed by atoms with Crippen LogP contribution < -0.4 is 5.32 Å². The first-order chi connectivity index (χ1) is 14.5. The number of nitrogens with one attached hydrogen (secondary N) is 3. The number of aromatic nitrogens is 4. The summed E-state index contributed by atoms with van der Waals surface area (Å²) in [6, 6.07) is 15.6. The Morgan fingerprint density at radius 3 is 2.57 bits per heavy atom. The predicted molar refractivity (Wildman–Crippen MR) is 121 cm³/mol. The van der Waals surface area contributed by atoms with E-state index in [0.717, 1.165) is 34.4 Å². The second kappa shape index (κ2) is 9.69. The molecule has 3 N–H and O–H groups in total. The summed E-state index contributed by atoms with van der Waals surface area (Å²) in [5.41, 5.74) is 6.33. The van der Waals surface area contributed by atoms with Gasteiger partial charge in [0.05, 0.1) is 11.0 Å². The highest BCUT2D eigenvalue weighted by atomic mass is 16.1. The molecule has 2 heterocycles. The van der Waals surface area contributed by atoms with Crippen molar-refractivity contribution in [3.05, 3.63) is 83.6 Å². The zero-order valence-corrected chi connectivity index (χ0v) is 17.6. The van der Waals surface area contributed by atoms with Gasteiger partial charge in [0, 0.05) is 23.4 Å². The van der Waals surface area contributed by atoms with Crippen LogP contribution in [0.1, 0.15) is 34.1 Å². The summed E-state index contributed by atoms with van der Waals surface area (Å²) < 4.78 is 0. The fourth-order valence-corrected chi connectivity index (χ4v) is 3.05. The highest BCUT2D eigenvalue weighted by molar-refractivity contribution is 5.97. The molecule has 2 aromatic carbocycles. The Morgan fingerprint density at radius 2 is 1.90 bits per heavy atom. The summed E-state index contributed by atoms with van der Waals surface area (Å²) >= 11 is 0. The van der Waals surface area contributed by atoms with E-state index >= 15 is 0 Å². The predicted octanol–water partition coefficient (Wildman–Crippen LogP) is 4.73. The third kappa shape index (κ3) is 4.84. The Bertz CT molecular complexity index is 1140. The lowest BCUT2D eigenvalue weighted by Crippen LogP contribution is -2.25. The van der Waals surface area contributed by atoms with Crippen molar-refractivity contribution in [1.82, 2.24) is 25.5 Å². The van der Waals surface area contributed by atoms with Crippen LogP contribution in [0.5, 0.6) is 0 Å². The van der Waals surface area contributed by atoms with Gasteiger partial charge >= 0.3 is 0 Å². The van der Waals surface area contributed by atoms with Crippen molar-refractivity contribution in [1.29, 1.82) is 0 Å². The molecule has 0 saturated carbocycles. The first-order valence-electron chi connectivity index (χ1n) is 9.94. The SMILES string of the molecule is C=CC.Cc1[nH]nc(-c2nc3ccc(C(=O)NCCc4ccccc4)cc3[nH]2)c1C. The number of benzene rings is 2. The molecule has 30 heavy (non-hydrogen) atoms. The number of fused-ring (bicyclic) bond motifs is 1. The number of nitrogens with zero attached hydrogens (tertiary/aromatic N) is 2. The van der Waals surface area contributed by atoms with E-state index in [2.05, 4.69) is 44.2 Å². The summed E-state index contributed by atoms with van der Waals surface area (Å²) in [6.45, 7) is 9.83. The van der Waals surface area contributed by atoms with E-state index in [1.807, 2.05) is 51.1 Å². The van der Waals surface area contributed by atoms with Gasteiger partial charge in [0.25, 0.3) is 5.91 Å². The van der Waals surface area contributed by atoms with Crippen molar-refractivity contribution in [3.63, 3.8) is 0 Å². The minimum absolute atomic E-state index is 0.0872. The summed E-state index contributed by atoms with van der Waals surface area (Å²) in [5.74, 6) is 0.615. The largest absolute Gasteiger partial charge is 0.352 e. The molecule has 6 nitrogen and oxygen atoms in total. The van der Waals surface area contributed by atoms with Gasteiger partial charge in [0.1, 0.15) is 5.69 Å². The summed E-state index contributed by atoms with van der Waals surface area (Å²) in [7, 11) is 0. The lowest BCUT2D eigenvalue weighted by Gasteiger charge is -2.05. The van der Waals surface area contributed by atoms with Gasteiger partial charge in [0.15, 0.2) is 5.82 Å². The maximum atomic E-state index is 12.5. The van der Waals surface area contributed by atoms with E-state index in [1.54, 1.807) is 12.1 Å². The number of hydrogen-bond donors (Lipinski definition) is 3. The third-order valence-corrected chi connectivity index (χ3v) is 4.76. The second-order valence-electron chi connectivity index (χ2n) is 7.04. The minimum Gasteiger partial charge on any atom is -0.352 e. The van der Waals surface area contributed by atoms with E-state index in [1.165, 1.54) is 5.56 Å². The van der Waals surface area contributed by atoms with Crippen LogP contribution in [0, 0.1) is 13.8 Å². The number of allylic oxidation sites excluding steroid dienone is 1. The highest BCUT2D eigenvalue weighted by Crippen LogP contribution is 2.23. The number of hydrogen-bond acceptors (Lipinski definition) is 3.